The van der Waals surface area contributed by atoms with Crippen molar-refractivity contribution < 1.29 is 19.0 Å². The molecule has 1 amide bonds. The van der Waals surface area contributed by atoms with Crippen molar-refractivity contribution in [2.45, 2.75) is 58.3 Å². The molecule has 0 N–H and O–H groups in total. The van der Waals surface area contributed by atoms with Crippen LogP contribution in [-0.4, -0.2) is 42.9 Å². The Bertz CT molecular complexity index is 777. The molecule has 0 spiro atoms. The van der Waals surface area contributed by atoms with Crippen LogP contribution in [0.5, 0.6) is 0 Å². The summed E-state index contributed by atoms with van der Waals surface area (Å²) in [6.07, 6.45) is 4.12. The molecule has 2 aromatic rings. The Kier molecular flexibility index (Phi) is 5.97. The minimum absolute atomic E-state index is 0.164. The number of fused-ring (bicyclic) bond motifs is 1. The van der Waals surface area contributed by atoms with Gasteiger partial charge in [0.15, 0.2) is 6.29 Å². The first kappa shape index (κ1) is 20.1. The lowest BCUT2D eigenvalue weighted by Gasteiger charge is -2.33. The molecule has 0 aromatic carbocycles. The van der Waals surface area contributed by atoms with E-state index in [-0.39, 0.29) is 12.4 Å². The second-order valence-corrected chi connectivity index (χ2v) is 10.9. The fourth-order valence-electron chi connectivity index (χ4n) is 3.74. The van der Waals surface area contributed by atoms with Crippen molar-refractivity contribution in [3.05, 3.63) is 21.9 Å². The molecule has 2 aliphatic rings. The van der Waals surface area contributed by atoms with Crippen LogP contribution in [0.3, 0.4) is 0 Å². The molecule has 7 heteroatoms. The standard InChI is InChI=1S/C21H29NO4S2/c1-21(2,3)26-20(23)22-8-6-14(7-9-22)4-5-15-12-16-17(27-15)13-18(28-16)19-24-10-11-25-19/h12-14,19H,4-11H2,1-3H3. The third-order valence-electron chi connectivity index (χ3n) is 5.20. The fraction of sp³-hybridized carbons (Fsp3) is 0.667. The lowest BCUT2D eigenvalue weighted by Crippen LogP contribution is -2.41. The molecule has 2 aromatic heterocycles. The maximum Gasteiger partial charge on any atom is 0.410 e. The number of nitrogens with zero attached hydrogens (tertiary/aromatic N) is 1. The highest BCUT2D eigenvalue weighted by Gasteiger charge is 2.27. The van der Waals surface area contributed by atoms with Gasteiger partial charge >= 0.3 is 6.09 Å². The molecule has 0 radical (unpaired) electrons. The van der Waals surface area contributed by atoms with Crippen LogP contribution < -0.4 is 0 Å². The third-order valence-corrected chi connectivity index (χ3v) is 7.57. The first-order valence-electron chi connectivity index (χ1n) is 10.1. The van der Waals surface area contributed by atoms with Gasteiger partial charge in [0.1, 0.15) is 5.60 Å². The van der Waals surface area contributed by atoms with Crippen LogP contribution in [0.2, 0.25) is 0 Å². The molecule has 4 heterocycles. The van der Waals surface area contributed by atoms with E-state index in [1.807, 2.05) is 37.0 Å². The zero-order valence-corrected chi connectivity index (χ0v) is 18.5. The molecule has 2 aliphatic heterocycles. The van der Waals surface area contributed by atoms with Crippen molar-refractivity contribution in [3.8, 4) is 0 Å². The number of aryl methyl sites for hydroxylation is 1. The maximum atomic E-state index is 12.2. The molecule has 2 saturated heterocycles. The summed E-state index contributed by atoms with van der Waals surface area (Å²) in [5, 5.41) is 0. The molecular formula is C21H29NO4S2. The van der Waals surface area contributed by atoms with Crippen LogP contribution in [0.4, 0.5) is 4.79 Å². The first-order valence-corrected chi connectivity index (χ1v) is 11.7. The molecule has 2 fully saturated rings. The number of rotatable bonds is 4. The number of hydrogen-bond donors (Lipinski definition) is 0. The summed E-state index contributed by atoms with van der Waals surface area (Å²) in [6.45, 7) is 8.75. The summed E-state index contributed by atoms with van der Waals surface area (Å²) in [6, 6.07) is 4.56. The smallest absolute Gasteiger partial charge is 0.410 e. The van der Waals surface area contributed by atoms with Crippen LogP contribution >= 0.6 is 22.7 Å². The SMILES string of the molecule is CC(C)(C)OC(=O)N1CCC(CCc2cc3sc(C4OCCO4)cc3s2)CC1. The average molecular weight is 424 g/mol. The number of likely N-dealkylation sites (tertiary alicyclic amines) is 1. The van der Waals surface area contributed by atoms with Gasteiger partial charge in [0.2, 0.25) is 0 Å². The zero-order chi connectivity index (χ0) is 19.7. The second-order valence-electron chi connectivity index (χ2n) is 8.61. The Labute approximate surface area is 174 Å². The third kappa shape index (κ3) is 4.87. The number of amides is 1. The summed E-state index contributed by atoms with van der Waals surface area (Å²) in [4.78, 5) is 16.7. The summed E-state index contributed by atoms with van der Waals surface area (Å²) < 4.78 is 19.4. The van der Waals surface area contributed by atoms with Gasteiger partial charge in [0, 0.05) is 27.4 Å². The normalized spacial score (nSPS) is 19.6. The van der Waals surface area contributed by atoms with E-state index in [1.54, 1.807) is 11.3 Å². The molecule has 5 nitrogen and oxygen atoms in total. The Morgan fingerprint density at radius 3 is 2.46 bits per heavy atom. The molecule has 28 heavy (non-hydrogen) atoms. The van der Waals surface area contributed by atoms with Gasteiger partial charge in [-0.25, -0.2) is 4.79 Å². The van der Waals surface area contributed by atoms with Crippen molar-refractivity contribution >= 4 is 38.2 Å². The van der Waals surface area contributed by atoms with Gasteiger partial charge in [-0.1, -0.05) is 0 Å². The van der Waals surface area contributed by atoms with Gasteiger partial charge in [-0.2, -0.15) is 0 Å². The van der Waals surface area contributed by atoms with Crippen LogP contribution in [0.15, 0.2) is 12.1 Å². The highest BCUT2D eigenvalue weighted by Crippen LogP contribution is 2.39. The van der Waals surface area contributed by atoms with Crippen molar-refractivity contribution in [2.75, 3.05) is 26.3 Å². The van der Waals surface area contributed by atoms with Crippen LogP contribution in [0, 0.1) is 5.92 Å². The van der Waals surface area contributed by atoms with Crippen molar-refractivity contribution in [1.82, 2.24) is 4.90 Å². The van der Waals surface area contributed by atoms with Gasteiger partial charge in [0.05, 0.1) is 18.1 Å². The largest absolute Gasteiger partial charge is 0.444 e. The van der Waals surface area contributed by atoms with Crippen LogP contribution in [0.25, 0.3) is 9.40 Å². The van der Waals surface area contributed by atoms with E-state index < -0.39 is 5.60 Å². The molecule has 0 atom stereocenters. The molecular weight excluding hydrogens is 394 g/mol. The molecule has 0 bridgehead atoms. The number of thiophene rings is 2. The van der Waals surface area contributed by atoms with Gasteiger partial charge < -0.3 is 19.1 Å². The Morgan fingerprint density at radius 2 is 1.82 bits per heavy atom. The predicted octanol–water partition coefficient (Wildman–Crippen LogP) is 5.59. The molecule has 0 saturated carbocycles. The minimum atomic E-state index is -0.421. The first-order chi connectivity index (χ1) is 13.4. The molecule has 154 valence electrons. The van der Waals surface area contributed by atoms with E-state index in [1.165, 1.54) is 25.6 Å². The number of ether oxygens (including phenoxy) is 3. The van der Waals surface area contributed by atoms with E-state index >= 15 is 0 Å². The maximum absolute atomic E-state index is 12.2. The number of piperidine rings is 1. The minimum Gasteiger partial charge on any atom is -0.444 e. The van der Waals surface area contributed by atoms with Crippen molar-refractivity contribution in [2.24, 2.45) is 5.92 Å². The summed E-state index contributed by atoms with van der Waals surface area (Å²) >= 11 is 3.68. The topological polar surface area (TPSA) is 48.0 Å². The average Bonchev–Trinajstić information content (AvgIpc) is 3.34. The highest BCUT2D eigenvalue weighted by atomic mass is 32.1. The summed E-state index contributed by atoms with van der Waals surface area (Å²) in [5.74, 6) is 0.690. The molecule has 0 aliphatic carbocycles. The van der Waals surface area contributed by atoms with Gasteiger partial charge in [-0.15, -0.1) is 22.7 Å². The van der Waals surface area contributed by atoms with Gasteiger partial charge in [-0.05, 0) is 64.5 Å². The fourth-order valence-corrected chi connectivity index (χ4v) is 6.19. The van der Waals surface area contributed by atoms with E-state index in [4.69, 9.17) is 14.2 Å². The van der Waals surface area contributed by atoms with E-state index in [9.17, 15) is 4.79 Å². The van der Waals surface area contributed by atoms with Crippen LogP contribution in [0.1, 0.15) is 56.1 Å². The van der Waals surface area contributed by atoms with E-state index in [0.717, 1.165) is 32.4 Å². The zero-order valence-electron chi connectivity index (χ0n) is 16.9. The van der Waals surface area contributed by atoms with Gasteiger partial charge in [0.25, 0.3) is 0 Å². The summed E-state index contributed by atoms with van der Waals surface area (Å²) in [7, 11) is 0. The number of carbonyl (C=O) groups excluding carboxylic acids is 1. The number of carbonyl (C=O) groups is 1. The molecule has 4 rings (SSSR count). The van der Waals surface area contributed by atoms with E-state index in [2.05, 4.69) is 12.1 Å². The second kappa shape index (κ2) is 8.30. The predicted molar refractivity (Wildman–Crippen MR) is 113 cm³/mol. The lowest BCUT2D eigenvalue weighted by molar-refractivity contribution is -0.0412. The van der Waals surface area contributed by atoms with E-state index in [0.29, 0.717) is 19.1 Å². The van der Waals surface area contributed by atoms with Gasteiger partial charge in [-0.3, -0.25) is 0 Å². The Hall–Kier alpha value is -1.15. The van der Waals surface area contributed by atoms with Crippen LogP contribution in [-0.2, 0) is 20.6 Å². The monoisotopic (exact) mass is 423 g/mol. The highest BCUT2D eigenvalue weighted by molar-refractivity contribution is 7.27. The Balaban J connectivity index is 1.25. The Morgan fingerprint density at radius 1 is 1.14 bits per heavy atom. The molecule has 0 unspecified atom stereocenters. The lowest BCUT2D eigenvalue weighted by atomic mass is 9.92. The van der Waals surface area contributed by atoms with Crippen molar-refractivity contribution in [1.29, 1.82) is 0 Å². The summed E-state index contributed by atoms with van der Waals surface area (Å²) in [5.41, 5.74) is -0.421. The van der Waals surface area contributed by atoms with Crippen molar-refractivity contribution in [3.63, 3.8) is 0 Å². The quantitative estimate of drug-likeness (QED) is 0.643. The number of hydrogen-bond acceptors (Lipinski definition) is 6.